The van der Waals surface area contributed by atoms with Gasteiger partial charge in [0, 0.05) is 22.5 Å². The van der Waals surface area contributed by atoms with Crippen LogP contribution in [0.1, 0.15) is 41.6 Å². The van der Waals surface area contributed by atoms with Crippen molar-refractivity contribution in [1.29, 1.82) is 0 Å². The zero-order valence-electron chi connectivity index (χ0n) is 12.1. The van der Waals surface area contributed by atoms with Crippen LogP contribution in [0.3, 0.4) is 0 Å². The van der Waals surface area contributed by atoms with Gasteiger partial charge >= 0.3 is 0 Å². The quantitative estimate of drug-likeness (QED) is 0.902. The third-order valence-corrected chi connectivity index (χ3v) is 5.39. The van der Waals surface area contributed by atoms with Gasteiger partial charge in [0.25, 0.3) is 5.91 Å². The SMILES string of the molecule is CSC1CCCC(NC(=O)c2ccc3c(c2)NC(=O)C3)C1. The monoisotopic (exact) mass is 304 g/mol. The summed E-state index contributed by atoms with van der Waals surface area (Å²) in [6.45, 7) is 0. The van der Waals surface area contributed by atoms with Gasteiger partial charge in [-0.15, -0.1) is 0 Å². The largest absolute Gasteiger partial charge is 0.349 e. The Kier molecular flexibility index (Phi) is 4.19. The molecular weight excluding hydrogens is 284 g/mol. The van der Waals surface area contributed by atoms with Crippen LogP contribution in [-0.2, 0) is 11.2 Å². The lowest BCUT2D eigenvalue weighted by Gasteiger charge is -2.28. The minimum Gasteiger partial charge on any atom is -0.349 e. The summed E-state index contributed by atoms with van der Waals surface area (Å²) >= 11 is 1.89. The van der Waals surface area contributed by atoms with E-state index in [1.165, 1.54) is 12.8 Å². The maximum atomic E-state index is 12.4. The first-order chi connectivity index (χ1) is 10.2. The highest BCUT2D eigenvalue weighted by Gasteiger charge is 2.24. The molecule has 0 bridgehead atoms. The summed E-state index contributed by atoms with van der Waals surface area (Å²) in [5, 5.41) is 6.58. The van der Waals surface area contributed by atoms with Crippen LogP contribution in [0.5, 0.6) is 0 Å². The van der Waals surface area contributed by atoms with Crippen molar-refractivity contribution < 1.29 is 9.59 Å². The molecular formula is C16H20N2O2S. The van der Waals surface area contributed by atoms with Crippen molar-refractivity contribution in [2.24, 2.45) is 0 Å². The van der Waals surface area contributed by atoms with E-state index in [0.717, 1.165) is 24.1 Å². The van der Waals surface area contributed by atoms with Crippen LogP contribution in [0.25, 0.3) is 0 Å². The van der Waals surface area contributed by atoms with Crippen molar-refractivity contribution in [3.8, 4) is 0 Å². The van der Waals surface area contributed by atoms with Crippen LogP contribution in [-0.4, -0.2) is 29.4 Å². The summed E-state index contributed by atoms with van der Waals surface area (Å²) in [5.41, 5.74) is 2.37. The molecule has 0 radical (unpaired) electrons. The second-order valence-electron chi connectivity index (χ2n) is 5.79. The van der Waals surface area contributed by atoms with Crippen LogP contribution in [0.4, 0.5) is 5.69 Å². The zero-order valence-corrected chi connectivity index (χ0v) is 13.0. The molecule has 2 atom stereocenters. The van der Waals surface area contributed by atoms with E-state index in [-0.39, 0.29) is 17.9 Å². The Morgan fingerprint density at radius 2 is 2.24 bits per heavy atom. The molecule has 2 unspecified atom stereocenters. The van der Waals surface area contributed by atoms with Gasteiger partial charge in [-0.1, -0.05) is 12.5 Å². The standard InChI is InChI=1S/C16H20N2O2S/c1-21-13-4-2-3-12(9-13)17-16(20)11-6-5-10-8-15(19)18-14(10)7-11/h5-7,12-13H,2-4,8-9H2,1H3,(H,17,20)(H,18,19). The number of thioether (sulfide) groups is 1. The van der Waals surface area contributed by atoms with Gasteiger partial charge in [0.1, 0.15) is 0 Å². The Hall–Kier alpha value is -1.49. The highest BCUT2D eigenvalue weighted by atomic mass is 32.2. The summed E-state index contributed by atoms with van der Waals surface area (Å²) in [4.78, 5) is 23.7. The number of nitrogens with one attached hydrogen (secondary N) is 2. The topological polar surface area (TPSA) is 58.2 Å². The molecule has 1 saturated carbocycles. The Balaban J connectivity index is 1.66. The second-order valence-corrected chi connectivity index (χ2v) is 6.93. The van der Waals surface area contributed by atoms with Gasteiger partial charge in [-0.25, -0.2) is 0 Å². The summed E-state index contributed by atoms with van der Waals surface area (Å²) in [5.74, 6) is -0.0386. The molecule has 1 aliphatic heterocycles. The number of carbonyl (C=O) groups is 2. The minimum atomic E-state index is -0.0364. The van der Waals surface area contributed by atoms with Gasteiger partial charge in [-0.05, 0) is 43.2 Å². The maximum Gasteiger partial charge on any atom is 0.251 e. The van der Waals surface area contributed by atoms with E-state index in [4.69, 9.17) is 0 Å². The van der Waals surface area contributed by atoms with Gasteiger partial charge in [0.05, 0.1) is 6.42 Å². The number of anilines is 1. The molecule has 112 valence electrons. The Morgan fingerprint density at radius 1 is 1.38 bits per heavy atom. The zero-order chi connectivity index (χ0) is 14.8. The van der Waals surface area contributed by atoms with E-state index in [0.29, 0.717) is 17.2 Å². The van der Waals surface area contributed by atoms with Crippen LogP contribution in [0.15, 0.2) is 18.2 Å². The summed E-state index contributed by atoms with van der Waals surface area (Å²) < 4.78 is 0. The lowest BCUT2D eigenvalue weighted by molar-refractivity contribution is -0.115. The number of benzene rings is 1. The molecule has 5 heteroatoms. The van der Waals surface area contributed by atoms with E-state index in [1.807, 2.05) is 23.9 Å². The molecule has 2 amide bonds. The molecule has 1 fully saturated rings. The Bertz CT molecular complexity index is 573. The van der Waals surface area contributed by atoms with Crippen LogP contribution in [0.2, 0.25) is 0 Å². The first-order valence-electron chi connectivity index (χ1n) is 7.42. The molecule has 1 heterocycles. The predicted molar refractivity (Wildman–Crippen MR) is 85.8 cm³/mol. The van der Waals surface area contributed by atoms with Gasteiger partial charge in [0.15, 0.2) is 0 Å². The normalized spacial score (nSPS) is 24.3. The molecule has 1 aromatic rings. The van der Waals surface area contributed by atoms with E-state index in [1.54, 1.807) is 6.07 Å². The number of rotatable bonds is 3. The highest BCUT2D eigenvalue weighted by Crippen LogP contribution is 2.28. The fourth-order valence-electron chi connectivity index (χ4n) is 3.11. The van der Waals surface area contributed by atoms with E-state index < -0.39 is 0 Å². The van der Waals surface area contributed by atoms with Crippen molar-refractivity contribution >= 4 is 29.3 Å². The third-order valence-electron chi connectivity index (χ3n) is 4.29. The Morgan fingerprint density at radius 3 is 3.05 bits per heavy atom. The lowest BCUT2D eigenvalue weighted by Crippen LogP contribution is -2.39. The van der Waals surface area contributed by atoms with Crippen molar-refractivity contribution in [2.75, 3.05) is 11.6 Å². The van der Waals surface area contributed by atoms with Gasteiger partial charge < -0.3 is 10.6 Å². The first kappa shape index (κ1) is 14.4. The predicted octanol–water partition coefficient (Wildman–Crippen LogP) is 2.59. The number of amides is 2. The van der Waals surface area contributed by atoms with Gasteiger partial charge in [-0.2, -0.15) is 11.8 Å². The summed E-state index contributed by atoms with van der Waals surface area (Å²) in [6.07, 6.45) is 7.08. The van der Waals surface area contributed by atoms with Crippen molar-refractivity contribution in [3.05, 3.63) is 29.3 Å². The average Bonchev–Trinajstić information content (AvgIpc) is 2.86. The molecule has 0 aromatic heterocycles. The van der Waals surface area contributed by atoms with Crippen molar-refractivity contribution in [2.45, 2.75) is 43.4 Å². The van der Waals surface area contributed by atoms with Crippen LogP contribution in [0, 0.1) is 0 Å². The van der Waals surface area contributed by atoms with E-state index in [2.05, 4.69) is 16.9 Å². The van der Waals surface area contributed by atoms with Crippen molar-refractivity contribution in [3.63, 3.8) is 0 Å². The molecule has 3 rings (SSSR count). The third kappa shape index (κ3) is 3.23. The fourth-order valence-corrected chi connectivity index (χ4v) is 3.94. The molecule has 1 aromatic carbocycles. The minimum absolute atomic E-state index is 0.00217. The number of hydrogen-bond acceptors (Lipinski definition) is 3. The van der Waals surface area contributed by atoms with Crippen LogP contribution >= 0.6 is 11.8 Å². The summed E-state index contributed by atoms with van der Waals surface area (Å²) in [7, 11) is 0. The number of hydrogen-bond donors (Lipinski definition) is 2. The van der Waals surface area contributed by atoms with Crippen molar-refractivity contribution in [1.82, 2.24) is 5.32 Å². The average molecular weight is 304 g/mol. The van der Waals surface area contributed by atoms with E-state index >= 15 is 0 Å². The molecule has 2 N–H and O–H groups in total. The highest BCUT2D eigenvalue weighted by molar-refractivity contribution is 7.99. The Labute approximate surface area is 129 Å². The van der Waals surface area contributed by atoms with Gasteiger partial charge in [-0.3, -0.25) is 9.59 Å². The lowest BCUT2D eigenvalue weighted by atomic mass is 9.94. The fraction of sp³-hybridized carbons (Fsp3) is 0.500. The first-order valence-corrected chi connectivity index (χ1v) is 8.71. The molecule has 0 spiro atoms. The molecule has 0 saturated heterocycles. The van der Waals surface area contributed by atoms with Crippen LogP contribution < -0.4 is 10.6 Å². The second kappa shape index (κ2) is 6.10. The molecule has 2 aliphatic rings. The smallest absolute Gasteiger partial charge is 0.251 e. The van der Waals surface area contributed by atoms with Gasteiger partial charge in [0.2, 0.25) is 5.91 Å². The summed E-state index contributed by atoms with van der Waals surface area (Å²) in [6, 6.07) is 5.73. The van der Waals surface area contributed by atoms with E-state index in [9.17, 15) is 9.59 Å². The maximum absolute atomic E-state index is 12.4. The number of carbonyl (C=O) groups excluding carboxylic acids is 2. The number of fused-ring (bicyclic) bond motifs is 1. The molecule has 1 aliphatic carbocycles. The molecule has 4 nitrogen and oxygen atoms in total. The molecule has 21 heavy (non-hydrogen) atoms.